The van der Waals surface area contributed by atoms with Crippen LogP contribution in [0, 0.1) is 0 Å². The van der Waals surface area contributed by atoms with E-state index in [0.29, 0.717) is 0 Å². The molecule has 14 rings (SSSR count). The number of nitrogens with zero attached hydrogens (tertiary/aromatic N) is 1. The number of fused-ring (bicyclic) bond motifs is 10. The second-order valence-electron chi connectivity index (χ2n) is 19.9. The molecule has 1 atom stereocenters. The summed E-state index contributed by atoms with van der Waals surface area (Å²) in [5, 5.41) is 0. The van der Waals surface area contributed by atoms with E-state index in [-0.39, 0.29) is 5.92 Å². The second kappa shape index (κ2) is 18.5. The fourth-order valence-electron chi connectivity index (χ4n) is 12.4. The van der Waals surface area contributed by atoms with Crippen molar-refractivity contribution in [1.29, 1.82) is 0 Å². The molecule has 0 radical (unpaired) electrons. The lowest BCUT2D eigenvalue weighted by Crippen LogP contribution is -2.26. The van der Waals surface area contributed by atoms with Crippen LogP contribution in [0.2, 0.25) is 0 Å². The van der Waals surface area contributed by atoms with E-state index in [2.05, 4.69) is 308 Å². The predicted molar refractivity (Wildman–Crippen MR) is 313 cm³/mol. The Morgan fingerprint density at radius 3 is 0.920 bits per heavy atom. The van der Waals surface area contributed by atoms with Crippen LogP contribution in [0.5, 0.6) is 0 Å². The summed E-state index contributed by atoms with van der Waals surface area (Å²) in [6.07, 6.45) is 0. The van der Waals surface area contributed by atoms with Gasteiger partial charge in [0.1, 0.15) is 0 Å². The van der Waals surface area contributed by atoms with E-state index in [9.17, 15) is 0 Å². The smallest absolute Gasteiger partial charge is 0.0726 e. The first-order valence-corrected chi connectivity index (χ1v) is 26.1. The normalized spacial score (nSPS) is 13.8. The molecule has 1 heteroatoms. The number of hydrogen-bond acceptors (Lipinski definition) is 1. The van der Waals surface area contributed by atoms with Crippen LogP contribution in [0.1, 0.15) is 44.9 Å². The minimum Gasteiger partial charge on any atom is -0.310 e. The summed E-state index contributed by atoms with van der Waals surface area (Å²) >= 11 is 0. The molecule has 0 bridgehead atoms. The molecule has 12 aromatic carbocycles. The number of rotatable bonds is 10. The molecule has 0 fully saturated rings. The fourth-order valence-corrected chi connectivity index (χ4v) is 12.4. The zero-order valence-corrected chi connectivity index (χ0v) is 41.4. The van der Waals surface area contributed by atoms with Gasteiger partial charge in [-0.1, -0.05) is 267 Å². The van der Waals surface area contributed by atoms with Gasteiger partial charge in [-0.2, -0.15) is 0 Å². The highest BCUT2D eigenvalue weighted by Crippen LogP contribution is 2.64. The van der Waals surface area contributed by atoms with Crippen LogP contribution in [0.25, 0.3) is 66.8 Å². The molecular formula is C74H51N. The zero-order valence-electron chi connectivity index (χ0n) is 41.4. The molecule has 0 aromatic heterocycles. The molecule has 0 saturated carbocycles. The molecule has 12 aromatic rings. The van der Waals surface area contributed by atoms with Gasteiger partial charge in [0.05, 0.1) is 5.41 Å². The predicted octanol–water partition coefficient (Wildman–Crippen LogP) is 19.3. The van der Waals surface area contributed by atoms with Crippen molar-refractivity contribution in [2.24, 2.45) is 0 Å². The van der Waals surface area contributed by atoms with Crippen molar-refractivity contribution in [3.05, 3.63) is 342 Å². The van der Waals surface area contributed by atoms with Gasteiger partial charge in [-0.05, 0) is 142 Å². The van der Waals surface area contributed by atoms with Crippen molar-refractivity contribution < 1.29 is 0 Å². The highest BCUT2D eigenvalue weighted by atomic mass is 15.1. The fraction of sp³-hybridized carbons (Fsp3) is 0.0270. The maximum atomic E-state index is 2.57. The molecule has 2 aliphatic rings. The summed E-state index contributed by atoms with van der Waals surface area (Å²) in [6, 6.07) is 112. The van der Waals surface area contributed by atoms with Gasteiger partial charge in [-0.3, -0.25) is 0 Å². The van der Waals surface area contributed by atoms with Gasteiger partial charge in [-0.25, -0.2) is 0 Å². The van der Waals surface area contributed by atoms with Crippen LogP contribution in [-0.4, -0.2) is 0 Å². The number of hydrogen-bond donors (Lipinski definition) is 0. The van der Waals surface area contributed by atoms with Crippen LogP contribution in [0.15, 0.2) is 303 Å². The molecule has 1 spiro atoms. The van der Waals surface area contributed by atoms with Crippen LogP contribution in [-0.2, 0) is 5.41 Å². The Bertz CT molecular complexity index is 3560. The van der Waals surface area contributed by atoms with Crippen LogP contribution >= 0.6 is 0 Å². The topological polar surface area (TPSA) is 3.24 Å². The van der Waals surface area contributed by atoms with Crippen molar-refractivity contribution in [3.63, 3.8) is 0 Å². The van der Waals surface area contributed by atoms with E-state index < -0.39 is 5.41 Å². The minimum atomic E-state index is -0.581. The Kier molecular flexibility index (Phi) is 10.9. The quantitative estimate of drug-likeness (QED) is 0.124. The molecule has 0 saturated heterocycles. The largest absolute Gasteiger partial charge is 0.310 e. The first kappa shape index (κ1) is 44.2. The maximum Gasteiger partial charge on any atom is 0.0726 e. The Morgan fingerprint density at radius 1 is 0.213 bits per heavy atom. The Hall–Kier alpha value is -9.56. The van der Waals surface area contributed by atoms with Crippen molar-refractivity contribution in [3.8, 4) is 66.8 Å². The van der Waals surface area contributed by atoms with Crippen LogP contribution < -0.4 is 4.90 Å². The lowest BCUT2D eigenvalue weighted by molar-refractivity contribution is 0.789. The molecule has 75 heavy (non-hydrogen) atoms. The molecule has 352 valence electrons. The van der Waals surface area contributed by atoms with E-state index in [0.717, 1.165) is 17.1 Å². The monoisotopic (exact) mass is 953 g/mol. The van der Waals surface area contributed by atoms with Gasteiger partial charge in [0, 0.05) is 23.0 Å². The van der Waals surface area contributed by atoms with Gasteiger partial charge in [0.15, 0.2) is 0 Å². The third-order valence-corrected chi connectivity index (χ3v) is 15.9. The van der Waals surface area contributed by atoms with Crippen molar-refractivity contribution in [1.82, 2.24) is 0 Å². The standard InChI is InChI=1S/C74H51N/c1-5-17-51(18-6-1)55-29-33-59(34-30-55)73(60-35-31-56(32-36-60)52-19-7-2-8-20-52)61-41-47-67-65-25-13-15-27-69(65)74(71(67)49-61)70-28-16-14-26-66(70)68-48-46-64(50-72(68)74)75(62-42-37-57(38-43-62)53-21-9-3-10-22-53)63-44-39-58(40-45-63)54-23-11-4-12-24-54/h1-50,73H. The molecule has 1 nitrogen and oxygen atoms in total. The van der Waals surface area contributed by atoms with E-state index in [4.69, 9.17) is 0 Å². The summed E-state index contributed by atoms with van der Waals surface area (Å²) in [6.45, 7) is 0. The van der Waals surface area contributed by atoms with E-state index in [1.165, 1.54) is 106 Å². The van der Waals surface area contributed by atoms with E-state index in [1.54, 1.807) is 0 Å². The maximum absolute atomic E-state index is 2.57. The van der Waals surface area contributed by atoms with Gasteiger partial charge in [0.2, 0.25) is 0 Å². The number of anilines is 3. The third-order valence-electron chi connectivity index (χ3n) is 15.9. The first-order chi connectivity index (χ1) is 37.2. The lowest BCUT2D eigenvalue weighted by atomic mass is 9.69. The van der Waals surface area contributed by atoms with Gasteiger partial charge < -0.3 is 4.90 Å². The highest BCUT2D eigenvalue weighted by Gasteiger charge is 2.52. The third kappa shape index (κ3) is 7.55. The van der Waals surface area contributed by atoms with Crippen molar-refractivity contribution in [2.75, 3.05) is 4.90 Å². The van der Waals surface area contributed by atoms with Crippen LogP contribution in [0.4, 0.5) is 17.1 Å². The van der Waals surface area contributed by atoms with Gasteiger partial charge >= 0.3 is 0 Å². The number of benzene rings is 12. The van der Waals surface area contributed by atoms with E-state index >= 15 is 0 Å². The van der Waals surface area contributed by atoms with Gasteiger partial charge in [-0.15, -0.1) is 0 Å². The van der Waals surface area contributed by atoms with Crippen LogP contribution in [0.3, 0.4) is 0 Å². The summed E-state index contributed by atoms with van der Waals surface area (Å²) in [4.78, 5) is 2.44. The average Bonchev–Trinajstić information content (AvgIpc) is 4.06. The molecule has 0 amide bonds. The molecule has 0 heterocycles. The molecule has 0 N–H and O–H groups in total. The first-order valence-electron chi connectivity index (χ1n) is 26.1. The Labute approximate surface area is 440 Å². The second-order valence-corrected chi connectivity index (χ2v) is 19.9. The Balaban J connectivity index is 0.956. The lowest BCUT2D eigenvalue weighted by Gasteiger charge is -2.33. The summed E-state index contributed by atoms with van der Waals surface area (Å²) in [5.41, 5.74) is 26.5. The molecule has 2 aliphatic carbocycles. The summed E-state index contributed by atoms with van der Waals surface area (Å²) < 4.78 is 0. The zero-order chi connectivity index (χ0) is 49.7. The van der Waals surface area contributed by atoms with Crippen molar-refractivity contribution in [2.45, 2.75) is 11.3 Å². The molecular weight excluding hydrogens is 903 g/mol. The highest BCUT2D eigenvalue weighted by molar-refractivity contribution is 5.96. The molecule has 1 unspecified atom stereocenters. The van der Waals surface area contributed by atoms with Crippen molar-refractivity contribution >= 4 is 17.1 Å². The average molecular weight is 954 g/mol. The molecule has 0 aliphatic heterocycles. The Morgan fingerprint density at radius 2 is 0.507 bits per heavy atom. The summed E-state index contributed by atoms with van der Waals surface area (Å²) in [7, 11) is 0. The SMILES string of the molecule is c1ccc(-c2ccc(C(c3ccc(-c4ccccc4)cc3)c3ccc4c(c3)C3(c5ccccc5-4)c4ccccc4-c4ccc(N(c5ccc(-c6ccccc6)cc5)c5ccc(-c6ccccc6)cc5)cc43)cc2)cc1. The van der Waals surface area contributed by atoms with Gasteiger partial charge in [0.25, 0.3) is 0 Å². The van der Waals surface area contributed by atoms with E-state index in [1.807, 2.05) is 0 Å². The minimum absolute atomic E-state index is 0.0265. The summed E-state index contributed by atoms with van der Waals surface area (Å²) in [5.74, 6) is -0.0265.